The topological polar surface area (TPSA) is 79.8 Å². The van der Waals surface area contributed by atoms with E-state index in [2.05, 4.69) is 25.4 Å². The van der Waals surface area contributed by atoms with Crippen molar-refractivity contribution in [1.82, 2.24) is 30.3 Å². The van der Waals surface area contributed by atoms with Gasteiger partial charge in [0.05, 0.1) is 35.2 Å². The number of hydrogen-bond acceptors (Lipinski definition) is 7. The average Bonchev–Trinajstić information content (AvgIpc) is 3.35. The Morgan fingerprint density at radius 3 is 2.67 bits per heavy atom. The van der Waals surface area contributed by atoms with Crippen LogP contribution in [0.15, 0.2) is 24.3 Å². The number of aromatic nitrogens is 5. The summed E-state index contributed by atoms with van der Waals surface area (Å²) in [5.41, 5.74) is 1.51. The van der Waals surface area contributed by atoms with E-state index in [4.69, 9.17) is 4.74 Å². The van der Waals surface area contributed by atoms with Gasteiger partial charge in [-0.1, -0.05) is 6.07 Å². The molecular weight excluding hydrogens is 410 g/mol. The van der Waals surface area contributed by atoms with Crippen molar-refractivity contribution in [1.29, 1.82) is 0 Å². The second kappa shape index (κ2) is 8.50. The summed E-state index contributed by atoms with van der Waals surface area (Å²) in [6, 6.07) is 6.31. The minimum Gasteiger partial charge on any atom is -0.373 e. The Hall–Kier alpha value is -2.82. The second-order valence-corrected chi connectivity index (χ2v) is 8.11. The molecule has 0 radical (unpaired) electrons. The van der Waals surface area contributed by atoms with Crippen LogP contribution in [0.5, 0.6) is 0 Å². The first-order chi connectivity index (χ1) is 14.4. The van der Waals surface area contributed by atoms with E-state index in [-0.39, 0.29) is 16.6 Å². The first kappa shape index (κ1) is 20.5. The highest BCUT2D eigenvalue weighted by atomic mass is 32.1. The molecule has 0 spiro atoms. The number of fused-ring (bicyclic) bond motifs is 1. The lowest BCUT2D eigenvalue weighted by atomic mass is 10.1. The number of aryl methyl sites for hydroxylation is 1. The number of benzene rings is 1. The van der Waals surface area contributed by atoms with Gasteiger partial charge in [0, 0.05) is 12.1 Å². The molecule has 0 unspecified atom stereocenters. The molecule has 4 rings (SSSR count). The maximum Gasteiger partial charge on any atom is 0.162 e. The van der Waals surface area contributed by atoms with Crippen molar-refractivity contribution < 1.29 is 13.5 Å². The summed E-state index contributed by atoms with van der Waals surface area (Å²) >= 11 is 1.48. The Labute approximate surface area is 175 Å². The second-order valence-electron chi connectivity index (χ2n) is 7.03. The van der Waals surface area contributed by atoms with Crippen LogP contribution in [0, 0.1) is 18.6 Å². The third kappa shape index (κ3) is 4.07. The van der Waals surface area contributed by atoms with Crippen LogP contribution >= 0.6 is 11.3 Å². The molecule has 0 amide bonds. The average molecular weight is 430 g/mol. The van der Waals surface area contributed by atoms with E-state index in [1.165, 1.54) is 11.3 Å². The molecule has 30 heavy (non-hydrogen) atoms. The van der Waals surface area contributed by atoms with Gasteiger partial charge in [-0.2, -0.15) is 15.4 Å². The van der Waals surface area contributed by atoms with Crippen molar-refractivity contribution >= 4 is 22.4 Å². The van der Waals surface area contributed by atoms with Crippen molar-refractivity contribution in [3.8, 4) is 21.8 Å². The van der Waals surface area contributed by atoms with Crippen LogP contribution in [0.25, 0.3) is 32.9 Å². The lowest BCUT2D eigenvalue weighted by Crippen LogP contribution is -2.17. The van der Waals surface area contributed by atoms with Crippen molar-refractivity contribution in [2.45, 2.75) is 13.5 Å². The van der Waals surface area contributed by atoms with Crippen LogP contribution in [0.1, 0.15) is 10.7 Å². The largest absolute Gasteiger partial charge is 0.373 e. The molecule has 0 fully saturated rings. The maximum atomic E-state index is 14.9. The number of ether oxygens (including phenoxy) is 1. The molecule has 1 N–H and O–H groups in total. The molecule has 0 aliphatic heterocycles. The molecule has 0 aliphatic carbocycles. The molecule has 1 aromatic carbocycles. The molecule has 3 aromatic heterocycles. The van der Waals surface area contributed by atoms with Gasteiger partial charge < -0.3 is 9.64 Å². The number of nitrogens with zero attached hydrogens (tertiary/aromatic N) is 5. The zero-order chi connectivity index (χ0) is 21.3. The van der Waals surface area contributed by atoms with Gasteiger partial charge in [0.1, 0.15) is 5.01 Å². The van der Waals surface area contributed by atoms with Gasteiger partial charge in [-0.15, -0.1) is 11.3 Å². The van der Waals surface area contributed by atoms with Crippen LogP contribution < -0.4 is 0 Å². The number of aromatic amines is 1. The van der Waals surface area contributed by atoms with Crippen LogP contribution in [0.3, 0.4) is 0 Å². The van der Waals surface area contributed by atoms with E-state index in [1.807, 2.05) is 32.0 Å². The molecule has 0 aliphatic rings. The molecule has 156 valence electrons. The van der Waals surface area contributed by atoms with Gasteiger partial charge in [0.15, 0.2) is 22.7 Å². The fraction of sp³-hybridized carbons (Fsp3) is 0.300. The Morgan fingerprint density at radius 2 is 1.87 bits per heavy atom. The van der Waals surface area contributed by atoms with Gasteiger partial charge in [0.25, 0.3) is 0 Å². The minimum atomic E-state index is -0.666. The summed E-state index contributed by atoms with van der Waals surface area (Å²) in [4.78, 5) is 12.0. The molecule has 4 aromatic rings. The van der Waals surface area contributed by atoms with Gasteiger partial charge in [-0.3, -0.25) is 0 Å². The number of rotatable bonds is 7. The highest BCUT2D eigenvalue weighted by Crippen LogP contribution is 2.33. The molecular formula is C20H20F2N6OS. The summed E-state index contributed by atoms with van der Waals surface area (Å²) in [6.45, 7) is 3.76. The van der Waals surface area contributed by atoms with Gasteiger partial charge in [0.2, 0.25) is 0 Å². The predicted molar refractivity (Wildman–Crippen MR) is 111 cm³/mol. The summed E-state index contributed by atoms with van der Waals surface area (Å²) in [7, 11) is 3.98. The zero-order valence-electron chi connectivity index (χ0n) is 16.7. The van der Waals surface area contributed by atoms with Crippen LogP contribution in [0.4, 0.5) is 8.78 Å². The van der Waals surface area contributed by atoms with Crippen LogP contribution in [0.2, 0.25) is 0 Å². The lowest BCUT2D eigenvalue weighted by molar-refractivity contribution is 0.105. The van der Waals surface area contributed by atoms with Crippen molar-refractivity contribution in [2.75, 3.05) is 27.2 Å². The van der Waals surface area contributed by atoms with Crippen molar-refractivity contribution in [2.24, 2.45) is 0 Å². The van der Waals surface area contributed by atoms with Crippen LogP contribution in [-0.4, -0.2) is 57.5 Å². The maximum absolute atomic E-state index is 14.9. The first-order valence-corrected chi connectivity index (χ1v) is 10.1. The smallest absolute Gasteiger partial charge is 0.162 e. The molecule has 0 saturated heterocycles. The highest BCUT2D eigenvalue weighted by molar-refractivity contribution is 7.15. The number of likely N-dealkylation sites (N-methyl/N-ethyl adjacent to an activating group) is 1. The van der Waals surface area contributed by atoms with Crippen LogP contribution in [-0.2, 0) is 11.3 Å². The number of nitrogens with one attached hydrogen (secondary N) is 1. The monoisotopic (exact) mass is 430 g/mol. The zero-order valence-corrected chi connectivity index (χ0v) is 17.6. The Bertz CT molecular complexity index is 1190. The van der Waals surface area contributed by atoms with Crippen molar-refractivity contribution in [3.63, 3.8) is 0 Å². The first-order valence-electron chi connectivity index (χ1n) is 9.29. The molecule has 0 atom stereocenters. The standard InChI is InChI=1S/C20H20F2N6OS/c1-11-20(30-16(23-11)10-29-8-7-28(2)3)15-6-4-5-14(24-15)12-9-13(21)18-19(17(12)22)26-27-25-18/h4-6,9H,7-8,10H2,1-3H3,(H,25,26,27). The molecule has 0 bridgehead atoms. The number of pyridine rings is 1. The Balaban J connectivity index is 1.62. The number of thiazole rings is 1. The quantitative estimate of drug-likeness (QED) is 0.449. The van der Waals surface area contributed by atoms with Gasteiger partial charge in [-0.05, 0) is 39.2 Å². The summed E-state index contributed by atoms with van der Waals surface area (Å²) in [5.74, 6) is -1.32. The SMILES string of the molecule is Cc1nc(COCCN(C)C)sc1-c1cccc(-c2cc(F)c3n[nH]nc3c2F)n1. The van der Waals surface area contributed by atoms with E-state index in [9.17, 15) is 8.78 Å². The van der Waals surface area contributed by atoms with E-state index in [0.717, 1.165) is 28.2 Å². The van der Waals surface area contributed by atoms with E-state index in [0.29, 0.717) is 24.6 Å². The van der Waals surface area contributed by atoms with Gasteiger partial charge >= 0.3 is 0 Å². The number of halogens is 2. The third-order valence-corrected chi connectivity index (χ3v) is 5.65. The summed E-state index contributed by atoms with van der Waals surface area (Å²) < 4.78 is 34.8. The third-order valence-electron chi connectivity index (χ3n) is 4.50. The highest BCUT2D eigenvalue weighted by Gasteiger charge is 2.19. The van der Waals surface area contributed by atoms with E-state index < -0.39 is 11.6 Å². The number of hydrogen-bond donors (Lipinski definition) is 1. The van der Waals surface area contributed by atoms with E-state index >= 15 is 0 Å². The molecule has 7 nitrogen and oxygen atoms in total. The van der Waals surface area contributed by atoms with Gasteiger partial charge in [-0.25, -0.2) is 18.7 Å². The summed E-state index contributed by atoms with van der Waals surface area (Å²) in [6.07, 6.45) is 0. The Kier molecular flexibility index (Phi) is 5.80. The van der Waals surface area contributed by atoms with Crippen molar-refractivity contribution in [3.05, 3.63) is 46.6 Å². The fourth-order valence-corrected chi connectivity index (χ4v) is 3.96. The minimum absolute atomic E-state index is 0.0326. The normalized spacial score (nSPS) is 11.7. The number of H-pyrrole nitrogens is 1. The fourth-order valence-electron chi connectivity index (χ4n) is 2.99. The van der Waals surface area contributed by atoms with E-state index in [1.54, 1.807) is 12.1 Å². The lowest BCUT2D eigenvalue weighted by Gasteiger charge is -2.08. The molecule has 0 saturated carbocycles. The molecule has 10 heteroatoms. The predicted octanol–water partition coefficient (Wildman–Crippen LogP) is 3.81. The molecule has 3 heterocycles. The summed E-state index contributed by atoms with van der Waals surface area (Å²) in [5, 5.41) is 10.4. The Morgan fingerprint density at radius 1 is 1.10 bits per heavy atom.